The Bertz CT molecular complexity index is 1010. The Balaban J connectivity index is 1.46. The second-order valence-corrected chi connectivity index (χ2v) is 7.34. The molecule has 1 atom stereocenters. The van der Waals surface area contributed by atoms with Gasteiger partial charge in [-0.15, -0.1) is 0 Å². The van der Waals surface area contributed by atoms with E-state index in [9.17, 15) is 9.59 Å². The Hall–Kier alpha value is -3.61. The van der Waals surface area contributed by atoms with Crippen LogP contribution in [-0.4, -0.2) is 47.1 Å². The fraction of sp³-hybridized carbons (Fsp3) is 0.261. The van der Waals surface area contributed by atoms with Gasteiger partial charge in [0.2, 0.25) is 0 Å². The number of hydrogen-bond acceptors (Lipinski definition) is 4. The molecule has 1 saturated heterocycles. The average molecular weight is 404 g/mol. The molecule has 2 heterocycles. The average Bonchev–Trinajstić information content (AvgIpc) is 3.27. The van der Waals surface area contributed by atoms with Crippen LogP contribution < -0.4 is 10.1 Å². The minimum absolute atomic E-state index is 0.0311. The molecule has 0 bridgehead atoms. The predicted octanol–water partition coefficient (Wildman–Crippen LogP) is 3.69. The lowest BCUT2D eigenvalue weighted by Gasteiger charge is -2.32. The molecule has 1 aliphatic rings. The zero-order valence-corrected chi connectivity index (χ0v) is 16.8. The van der Waals surface area contributed by atoms with Crippen LogP contribution in [0.4, 0.5) is 5.69 Å². The summed E-state index contributed by atoms with van der Waals surface area (Å²) in [5.74, 6) is 0.595. The Labute approximate surface area is 175 Å². The molecule has 2 aromatic carbocycles. The van der Waals surface area contributed by atoms with Gasteiger partial charge in [0.05, 0.1) is 24.7 Å². The van der Waals surface area contributed by atoms with E-state index in [2.05, 4.69) is 15.5 Å². The van der Waals surface area contributed by atoms with E-state index < -0.39 is 0 Å². The summed E-state index contributed by atoms with van der Waals surface area (Å²) in [5.41, 5.74) is 2.72. The first-order valence-corrected chi connectivity index (χ1v) is 9.98. The van der Waals surface area contributed by atoms with Crippen LogP contribution in [0.25, 0.3) is 0 Å². The van der Waals surface area contributed by atoms with Gasteiger partial charge in [-0.05, 0) is 49.2 Å². The SMILES string of the molecule is COc1ccc(C(=O)Nc2cn[nH]c2[C@H]2CCCN(C(=O)c3ccccc3)C2)cc1. The Morgan fingerprint density at radius 1 is 1.10 bits per heavy atom. The molecule has 1 aromatic heterocycles. The molecular formula is C23H24N4O3. The Morgan fingerprint density at radius 3 is 2.60 bits per heavy atom. The van der Waals surface area contributed by atoms with Crippen LogP contribution in [0.2, 0.25) is 0 Å². The topological polar surface area (TPSA) is 87.3 Å². The van der Waals surface area contributed by atoms with E-state index >= 15 is 0 Å². The highest BCUT2D eigenvalue weighted by Crippen LogP contribution is 2.31. The van der Waals surface area contributed by atoms with Gasteiger partial charge in [-0.25, -0.2) is 0 Å². The summed E-state index contributed by atoms with van der Waals surface area (Å²) < 4.78 is 5.14. The molecule has 2 N–H and O–H groups in total. The first-order valence-electron chi connectivity index (χ1n) is 9.98. The molecule has 0 radical (unpaired) electrons. The molecule has 4 rings (SSSR count). The number of H-pyrrole nitrogens is 1. The normalized spacial score (nSPS) is 16.2. The maximum atomic E-state index is 12.8. The summed E-state index contributed by atoms with van der Waals surface area (Å²) in [7, 11) is 1.59. The Morgan fingerprint density at radius 2 is 1.87 bits per heavy atom. The van der Waals surface area contributed by atoms with Crippen LogP contribution in [0.1, 0.15) is 45.2 Å². The number of nitrogens with zero attached hydrogens (tertiary/aromatic N) is 2. The highest BCUT2D eigenvalue weighted by molar-refractivity contribution is 6.04. The zero-order valence-electron chi connectivity index (χ0n) is 16.8. The maximum Gasteiger partial charge on any atom is 0.255 e. The number of rotatable bonds is 5. The lowest BCUT2D eigenvalue weighted by atomic mass is 9.93. The quantitative estimate of drug-likeness (QED) is 0.679. The minimum atomic E-state index is -0.215. The number of ether oxygens (including phenoxy) is 1. The van der Waals surface area contributed by atoms with Crippen LogP contribution in [0.15, 0.2) is 60.8 Å². The van der Waals surface area contributed by atoms with Crippen molar-refractivity contribution in [2.75, 3.05) is 25.5 Å². The van der Waals surface area contributed by atoms with Crippen molar-refractivity contribution in [2.45, 2.75) is 18.8 Å². The number of hydrogen-bond donors (Lipinski definition) is 2. The number of amides is 2. The van der Waals surface area contributed by atoms with Crippen LogP contribution in [0, 0.1) is 0 Å². The minimum Gasteiger partial charge on any atom is -0.497 e. The van der Waals surface area contributed by atoms with Crippen molar-refractivity contribution in [1.29, 1.82) is 0 Å². The van der Waals surface area contributed by atoms with E-state index in [0.29, 0.717) is 29.1 Å². The van der Waals surface area contributed by atoms with E-state index in [-0.39, 0.29) is 17.7 Å². The number of benzene rings is 2. The van der Waals surface area contributed by atoms with Crippen LogP contribution in [-0.2, 0) is 0 Å². The van der Waals surface area contributed by atoms with Gasteiger partial charge in [-0.2, -0.15) is 5.10 Å². The highest BCUT2D eigenvalue weighted by Gasteiger charge is 2.28. The van der Waals surface area contributed by atoms with Gasteiger partial charge >= 0.3 is 0 Å². The number of likely N-dealkylation sites (tertiary alicyclic amines) is 1. The second-order valence-electron chi connectivity index (χ2n) is 7.34. The number of anilines is 1. The summed E-state index contributed by atoms with van der Waals surface area (Å²) in [5, 5.41) is 10.1. The second kappa shape index (κ2) is 8.82. The van der Waals surface area contributed by atoms with Crippen molar-refractivity contribution in [3.05, 3.63) is 77.6 Å². The Kier molecular flexibility index (Phi) is 5.79. The van der Waals surface area contributed by atoms with Crippen molar-refractivity contribution >= 4 is 17.5 Å². The lowest BCUT2D eigenvalue weighted by Crippen LogP contribution is -2.39. The highest BCUT2D eigenvalue weighted by atomic mass is 16.5. The molecule has 7 nitrogen and oxygen atoms in total. The number of nitrogens with one attached hydrogen (secondary N) is 2. The molecule has 3 aromatic rings. The molecule has 0 saturated carbocycles. The van der Waals surface area contributed by atoms with Crippen LogP contribution >= 0.6 is 0 Å². The third kappa shape index (κ3) is 4.20. The summed E-state index contributed by atoms with van der Waals surface area (Å²) in [4.78, 5) is 27.4. The van der Waals surface area contributed by atoms with Gasteiger partial charge in [0, 0.05) is 30.1 Å². The van der Waals surface area contributed by atoms with E-state index in [0.717, 1.165) is 25.1 Å². The zero-order chi connectivity index (χ0) is 20.9. The van der Waals surface area contributed by atoms with E-state index in [4.69, 9.17) is 4.74 Å². The lowest BCUT2D eigenvalue weighted by molar-refractivity contribution is 0.0705. The van der Waals surface area contributed by atoms with Crippen LogP contribution in [0.5, 0.6) is 5.75 Å². The first-order chi connectivity index (χ1) is 14.7. The standard InChI is InChI=1S/C23H24N4O3/c1-30-19-11-9-16(10-12-19)22(28)25-20-14-24-26-21(20)18-8-5-13-27(15-18)23(29)17-6-3-2-4-7-17/h2-4,6-7,9-12,14,18H,5,8,13,15H2,1H3,(H,24,26)(H,25,28)/t18-/m0/s1. The molecule has 7 heteroatoms. The maximum absolute atomic E-state index is 12.8. The number of carbonyl (C=O) groups is 2. The number of aromatic nitrogens is 2. The third-order valence-corrected chi connectivity index (χ3v) is 5.41. The summed E-state index contributed by atoms with van der Waals surface area (Å²) in [6, 6.07) is 16.2. The summed E-state index contributed by atoms with van der Waals surface area (Å²) in [6.07, 6.45) is 3.44. The molecule has 1 aliphatic heterocycles. The summed E-state index contributed by atoms with van der Waals surface area (Å²) >= 11 is 0. The number of aromatic amines is 1. The van der Waals surface area contributed by atoms with Crippen LogP contribution in [0.3, 0.4) is 0 Å². The summed E-state index contributed by atoms with van der Waals surface area (Å²) in [6.45, 7) is 1.31. The fourth-order valence-electron chi connectivity index (χ4n) is 3.80. The molecule has 154 valence electrons. The molecule has 1 fully saturated rings. The number of piperidine rings is 1. The van der Waals surface area contributed by atoms with E-state index in [1.165, 1.54) is 0 Å². The van der Waals surface area contributed by atoms with Gasteiger partial charge < -0.3 is 15.0 Å². The van der Waals surface area contributed by atoms with Gasteiger partial charge in [0.25, 0.3) is 11.8 Å². The molecule has 30 heavy (non-hydrogen) atoms. The van der Waals surface area contributed by atoms with Crippen molar-refractivity contribution in [1.82, 2.24) is 15.1 Å². The van der Waals surface area contributed by atoms with Gasteiger partial charge in [-0.3, -0.25) is 14.7 Å². The smallest absolute Gasteiger partial charge is 0.255 e. The van der Waals surface area contributed by atoms with Gasteiger partial charge in [0.1, 0.15) is 5.75 Å². The third-order valence-electron chi connectivity index (χ3n) is 5.41. The number of methoxy groups -OCH3 is 1. The molecule has 2 amide bonds. The van der Waals surface area contributed by atoms with Crippen molar-refractivity contribution in [3.63, 3.8) is 0 Å². The largest absolute Gasteiger partial charge is 0.497 e. The molecular weight excluding hydrogens is 380 g/mol. The molecule has 0 unspecified atom stereocenters. The van der Waals surface area contributed by atoms with Crippen molar-refractivity contribution < 1.29 is 14.3 Å². The van der Waals surface area contributed by atoms with Gasteiger partial charge in [-0.1, -0.05) is 18.2 Å². The van der Waals surface area contributed by atoms with E-state index in [1.807, 2.05) is 35.2 Å². The molecule has 0 aliphatic carbocycles. The van der Waals surface area contributed by atoms with E-state index in [1.54, 1.807) is 37.6 Å². The van der Waals surface area contributed by atoms with Gasteiger partial charge in [0.15, 0.2) is 0 Å². The molecule has 0 spiro atoms. The first kappa shape index (κ1) is 19.7. The predicted molar refractivity (Wildman–Crippen MR) is 114 cm³/mol. The number of carbonyl (C=O) groups excluding carboxylic acids is 2. The van der Waals surface area contributed by atoms with Crippen molar-refractivity contribution in [3.8, 4) is 5.75 Å². The fourth-order valence-corrected chi connectivity index (χ4v) is 3.80. The monoisotopic (exact) mass is 404 g/mol. The van der Waals surface area contributed by atoms with Crippen molar-refractivity contribution in [2.24, 2.45) is 0 Å².